The monoisotopic (exact) mass is 403 g/mol. The molecule has 0 saturated heterocycles. The molecule has 2 amide bonds. The molecule has 0 radical (unpaired) electrons. The fraction of sp³-hybridized carbons (Fsp3) is 0.238. The van der Waals surface area contributed by atoms with Gasteiger partial charge in [0.1, 0.15) is 5.69 Å². The Kier molecular flexibility index (Phi) is 5.91. The maximum atomic E-state index is 12.8. The van der Waals surface area contributed by atoms with Gasteiger partial charge in [-0.25, -0.2) is 0 Å². The number of rotatable bonds is 6. The molecule has 0 aliphatic heterocycles. The van der Waals surface area contributed by atoms with Gasteiger partial charge in [0.15, 0.2) is 0 Å². The molecule has 0 saturated carbocycles. The molecule has 1 heterocycles. The van der Waals surface area contributed by atoms with E-state index in [1.54, 1.807) is 0 Å². The zero-order valence-corrected chi connectivity index (χ0v) is 15.6. The lowest BCUT2D eigenvalue weighted by Crippen LogP contribution is -2.38. The van der Waals surface area contributed by atoms with Crippen molar-refractivity contribution < 1.29 is 22.8 Å². The second kappa shape index (κ2) is 8.38. The van der Waals surface area contributed by atoms with Gasteiger partial charge in [0.25, 0.3) is 5.91 Å². The molecule has 1 atom stereocenters. The van der Waals surface area contributed by atoms with Gasteiger partial charge < -0.3 is 15.6 Å². The van der Waals surface area contributed by atoms with E-state index in [1.807, 2.05) is 37.3 Å². The van der Waals surface area contributed by atoms with Crippen molar-refractivity contribution in [2.75, 3.05) is 6.54 Å². The third kappa shape index (κ3) is 4.96. The Morgan fingerprint density at radius 1 is 1.07 bits per heavy atom. The maximum absolute atomic E-state index is 12.8. The van der Waals surface area contributed by atoms with Crippen molar-refractivity contribution in [3.63, 3.8) is 0 Å². The summed E-state index contributed by atoms with van der Waals surface area (Å²) in [6.07, 6.45) is -3.78. The minimum Gasteiger partial charge on any atom is -0.351 e. The number of carbonyl (C=O) groups excluding carboxylic acids is 2. The lowest BCUT2D eigenvalue weighted by atomic mass is 10.0. The van der Waals surface area contributed by atoms with Crippen molar-refractivity contribution in [3.05, 3.63) is 71.4 Å². The molecule has 3 N–H and O–H groups in total. The molecule has 29 heavy (non-hydrogen) atoms. The highest BCUT2D eigenvalue weighted by molar-refractivity contribution is 5.99. The Balaban J connectivity index is 1.62. The molecule has 0 aliphatic carbocycles. The molecule has 0 bridgehead atoms. The first-order chi connectivity index (χ1) is 13.8. The van der Waals surface area contributed by atoms with E-state index in [-0.39, 0.29) is 29.7 Å². The summed E-state index contributed by atoms with van der Waals surface area (Å²) in [5.74, 6) is -0.929. The van der Waals surface area contributed by atoms with E-state index in [4.69, 9.17) is 0 Å². The predicted octanol–water partition coefficient (Wildman–Crippen LogP) is 4.18. The molecule has 0 aliphatic rings. The molecular formula is C21H20F3N3O2. The van der Waals surface area contributed by atoms with Crippen LogP contribution in [0.1, 0.15) is 41.0 Å². The number of hydrogen-bond acceptors (Lipinski definition) is 2. The molecule has 2 aromatic carbocycles. The number of nitrogens with one attached hydrogen (secondary N) is 3. The smallest absolute Gasteiger partial charge is 0.351 e. The molecule has 1 unspecified atom stereocenters. The van der Waals surface area contributed by atoms with Crippen LogP contribution < -0.4 is 10.6 Å². The first kappa shape index (κ1) is 20.4. The number of H-pyrrole nitrogens is 1. The van der Waals surface area contributed by atoms with Crippen LogP contribution in [-0.2, 0) is 11.0 Å². The van der Waals surface area contributed by atoms with E-state index in [0.29, 0.717) is 11.8 Å². The summed E-state index contributed by atoms with van der Waals surface area (Å²) < 4.78 is 38.4. The van der Waals surface area contributed by atoms with Crippen molar-refractivity contribution in [1.82, 2.24) is 15.6 Å². The van der Waals surface area contributed by atoms with Crippen LogP contribution in [0.2, 0.25) is 0 Å². The lowest BCUT2D eigenvalue weighted by Gasteiger charge is -2.17. The van der Waals surface area contributed by atoms with Crippen LogP contribution in [0.3, 0.4) is 0 Å². The number of hydrogen-bond donors (Lipinski definition) is 3. The summed E-state index contributed by atoms with van der Waals surface area (Å²) in [4.78, 5) is 27.1. The first-order valence-corrected chi connectivity index (χ1v) is 9.10. The average molecular weight is 403 g/mol. The number of aromatic amines is 1. The molecule has 3 rings (SSSR count). The van der Waals surface area contributed by atoms with E-state index in [0.717, 1.165) is 17.7 Å². The van der Waals surface area contributed by atoms with E-state index in [1.165, 1.54) is 12.1 Å². The highest BCUT2D eigenvalue weighted by Gasteiger charge is 2.30. The van der Waals surface area contributed by atoms with Crippen molar-refractivity contribution >= 4 is 22.7 Å². The number of carbonyl (C=O) groups is 2. The number of fused-ring (bicyclic) bond motifs is 1. The van der Waals surface area contributed by atoms with Crippen molar-refractivity contribution in [3.8, 4) is 0 Å². The first-order valence-electron chi connectivity index (χ1n) is 9.10. The van der Waals surface area contributed by atoms with Crippen LogP contribution in [0.15, 0.2) is 54.6 Å². The Morgan fingerprint density at radius 3 is 2.45 bits per heavy atom. The number of halogens is 3. The van der Waals surface area contributed by atoms with Crippen LogP contribution in [0.25, 0.3) is 10.9 Å². The molecule has 152 valence electrons. The van der Waals surface area contributed by atoms with Crippen molar-refractivity contribution in [2.24, 2.45) is 0 Å². The lowest BCUT2D eigenvalue weighted by molar-refractivity contribution is -0.137. The second-order valence-electron chi connectivity index (χ2n) is 6.60. The largest absolute Gasteiger partial charge is 0.416 e. The fourth-order valence-corrected chi connectivity index (χ4v) is 3.03. The highest BCUT2D eigenvalue weighted by Crippen LogP contribution is 2.31. The summed E-state index contributed by atoms with van der Waals surface area (Å²) in [6, 6.07) is 13.9. The van der Waals surface area contributed by atoms with Gasteiger partial charge in [-0.2, -0.15) is 13.2 Å². The predicted molar refractivity (Wildman–Crippen MR) is 103 cm³/mol. The average Bonchev–Trinajstić information content (AvgIpc) is 3.13. The summed E-state index contributed by atoms with van der Waals surface area (Å²) in [5.41, 5.74) is 0.447. The number of amides is 2. The summed E-state index contributed by atoms with van der Waals surface area (Å²) in [5, 5.41) is 5.81. The van der Waals surface area contributed by atoms with Gasteiger partial charge >= 0.3 is 6.18 Å². The number of alkyl halides is 3. The van der Waals surface area contributed by atoms with E-state index < -0.39 is 17.6 Å². The van der Waals surface area contributed by atoms with Gasteiger partial charge in [-0.1, -0.05) is 43.3 Å². The Hall–Kier alpha value is -3.29. The maximum Gasteiger partial charge on any atom is 0.416 e. The molecule has 3 aromatic rings. The van der Waals surface area contributed by atoms with Crippen molar-refractivity contribution in [2.45, 2.75) is 25.6 Å². The summed E-state index contributed by atoms with van der Waals surface area (Å²) >= 11 is 0. The molecule has 0 spiro atoms. The van der Waals surface area contributed by atoms with E-state index in [9.17, 15) is 22.8 Å². The van der Waals surface area contributed by atoms with Crippen LogP contribution in [0.5, 0.6) is 0 Å². The Bertz CT molecular complexity index is 1010. The third-order valence-electron chi connectivity index (χ3n) is 4.55. The topological polar surface area (TPSA) is 74.0 Å². The standard InChI is InChI=1S/C21H20F3N3O2/c1-2-16(13-6-4-3-5-7-13)27-19(28)12-25-20(29)18-10-14-8-9-15(21(22,23)24)11-17(14)26-18/h3-11,16,26H,2,12H2,1H3,(H,25,29)(H,27,28). The number of benzene rings is 2. The summed E-state index contributed by atoms with van der Waals surface area (Å²) in [6.45, 7) is 1.70. The number of aromatic nitrogens is 1. The Morgan fingerprint density at radius 2 is 1.79 bits per heavy atom. The van der Waals surface area contributed by atoms with E-state index in [2.05, 4.69) is 15.6 Å². The normalized spacial score (nSPS) is 12.6. The van der Waals surface area contributed by atoms with Gasteiger partial charge in [0.05, 0.1) is 18.2 Å². The van der Waals surface area contributed by atoms with Gasteiger partial charge in [0, 0.05) is 10.9 Å². The summed E-state index contributed by atoms with van der Waals surface area (Å²) in [7, 11) is 0. The molecule has 8 heteroatoms. The Labute approximate surface area is 165 Å². The quantitative estimate of drug-likeness (QED) is 0.578. The van der Waals surface area contributed by atoms with Crippen molar-refractivity contribution in [1.29, 1.82) is 0 Å². The van der Waals surface area contributed by atoms with Gasteiger partial charge in [-0.3, -0.25) is 9.59 Å². The van der Waals surface area contributed by atoms with Gasteiger partial charge in [-0.05, 0) is 30.2 Å². The molecule has 0 fully saturated rings. The van der Waals surface area contributed by atoms with E-state index >= 15 is 0 Å². The van der Waals surface area contributed by atoms with Crippen LogP contribution in [0, 0.1) is 0 Å². The van der Waals surface area contributed by atoms with Crippen LogP contribution >= 0.6 is 0 Å². The molecule has 5 nitrogen and oxygen atoms in total. The zero-order chi connectivity index (χ0) is 21.0. The SMILES string of the molecule is CCC(NC(=O)CNC(=O)c1cc2ccc(C(F)(F)F)cc2[nH]1)c1ccccc1. The highest BCUT2D eigenvalue weighted by atomic mass is 19.4. The van der Waals surface area contributed by atoms with Gasteiger partial charge in [-0.15, -0.1) is 0 Å². The van der Waals surface area contributed by atoms with Crippen LogP contribution in [-0.4, -0.2) is 23.3 Å². The third-order valence-corrected chi connectivity index (χ3v) is 4.55. The fourth-order valence-electron chi connectivity index (χ4n) is 3.03. The molecule has 1 aromatic heterocycles. The minimum atomic E-state index is -4.46. The zero-order valence-electron chi connectivity index (χ0n) is 15.6. The second-order valence-corrected chi connectivity index (χ2v) is 6.60. The minimum absolute atomic E-state index is 0.0854. The molecular weight excluding hydrogens is 383 g/mol. The van der Waals surface area contributed by atoms with Crippen LogP contribution in [0.4, 0.5) is 13.2 Å². The van der Waals surface area contributed by atoms with Gasteiger partial charge in [0.2, 0.25) is 5.91 Å².